The number of hydrogen-bond donors (Lipinski definition) is 0. The summed E-state index contributed by atoms with van der Waals surface area (Å²) < 4.78 is 14.2. The highest BCUT2D eigenvalue weighted by atomic mass is 32.1. The molecule has 0 fully saturated rings. The molecule has 3 rings (SSSR count). The maximum absolute atomic E-state index is 13.3. The van der Waals surface area contributed by atoms with Crippen molar-refractivity contribution in [1.29, 1.82) is 5.26 Å². The number of hydrogen-bond acceptors (Lipinski definition) is 4. The Morgan fingerprint density at radius 3 is 2.86 bits per heavy atom. The molecule has 0 atom stereocenters. The third-order valence-corrected chi connectivity index (χ3v) is 4.13. The van der Waals surface area contributed by atoms with E-state index in [9.17, 15) is 9.18 Å². The fourth-order valence-electron chi connectivity index (χ4n) is 2.02. The van der Waals surface area contributed by atoms with E-state index in [1.807, 2.05) is 24.3 Å². The lowest BCUT2D eigenvalue weighted by Crippen LogP contribution is -2.03. The van der Waals surface area contributed by atoms with E-state index in [1.165, 1.54) is 29.5 Å². The van der Waals surface area contributed by atoms with E-state index in [4.69, 9.17) is 5.26 Å². The van der Waals surface area contributed by atoms with Crippen molar-refractivity contribution in [3.63, 3.8) is 0 Å². The lowest BCUT2D eigenvalue weighted by molar-refractivity contribution is 0.0993. The second kappa shape index (κ2) is 5.43. The van der Waals surface area contributed by atoms with Gasteiger partial charge in [0, 0.05) is 6.42 Å². The Bertz CT molecular complexity index is 846. The molecule has 1 aromatic heterocycles. The van der Waals surface area contributed by atoms with Gasteiger partial charge in [-0.05, 0) is 29.8 Å². The van der Waals surface area contributed by atoms with Gasteiger partial charge < -0.3 is 0 Å². The first-order valence-electron chi connectivity index (χ1n) is 6.24. The van der Waals surface area contributed by atoms with Crippen LogP contribution in [0, 0.1) is 17.1 Å². The molecule has 0 spiro atoms. The summed E-state index contributed by atoms with van der Waals surface area (Å²) in [5.74, 6) is -0.708. The van der Waals surface area contributed by atoms with E-state index in [-0.39, 0.29) is 17.8 Å². The second-order valence-electron chi connectivity index (χ2n) is 4.51. The Morgan fingerprint density at radius 1 is 1.29 bits per heavy atom. The fourth-order valence-corrected chi connectivity index (χ4v) is 2.92. The van der Waals surface area contributed by atoms with E-state index in [0.29, 0.717) is 10.6 Å². The number of halogens is 1. The molecular formula is C16H9FN2OS. The Morgan fingerprint density at radius 2 is 2.10 bits per heavy atom. The molecule has 21 heavy (non-hydrogen) atoms. The number of carbonyl (C=O) groups excluding carboxylic acids is 1. The van der Waals surface area contributed by atoms with E-state index >= 15 is 0 Å². The van der Waals surface area contributed by atoms with Crippen molar-refractivity contribution in [2.24, 2.45) is 0 Å². The summed E-state index contributed by atoms with van der Waals surface area (Å²) in [4.78, 5) is 16.5. The molecule has 3 aromatic rings. The number of para-hydroxylation sites is 1. The number of Topliss-reactive ketones (excluding diaryl/α,β-unsaturated/α-hetero) is 1. The summed E-state index contributed by atoms with van der Waals surface area (Å²) in [7, 11) is 0. The molecule has 102 valence electrons. The molecule has 0 aliphatic rings. The maximum Gasteiger partial charge on any atom is 0.195 e. The summed E-state index contributed by atoms with van der Waals surface area (Å²) in [5, 5.41) is 9.23. The van der Waals surface area contributed by atoms with Crippen molar-refractivity contribution >= 4 is 27.3 Å². The minimum Gasteiger partial charge on any atom is -0.291 e. The summed E-state index contributed by atoms with van der Waals surface area (Å²) in [6.07, 6.45) is 0.106. The van der Waals surface area contributed by atoms with E-state index < -0.39 is 5.82 Å². The van der Waals surface area contributed by atoms with Crippen molar-refractivity contribution in [3.05, 3.63) is 64.4 Å². The average Bonchev–Trinajstić information content (AvgIpc) is 2.93. The molecule has 0 aliphatic heterocycles. The third kappa shape index (κ3) is 2.67. The van der Waals surface area contributed by atoms with Crippen LogP contribution in [-0.2, 0) is 6.42 Å². The van der Waals surface area contributed by atoms with Crippen molar-refractivity contribution in [2.45, 2.75) is 6.42 Å². The normalized spacial score (nSPS) is 10.5. The standard InChI is InChI=1S/C16H9FN2OS/c17-12-6-5-10(7-11(12)9-18)8-14(20)16-19-13-3-1-2-4-15(13)21-16/h1-7H,8H2. The number of carbonyl (C=O) groups is 1. The third-order valence-electron chi connectivity index (χ3n) is 3.05. The minimum atomic E-state index is -0.575. The molecule has 0 bridgehead atoms. The molecule has 0 saturated heterocycles. The molecule has 0 unspecified atom stereocenters. The lowest BCUT2D eigenvalue weighted by Gasteiger charge is -2.00. The van der Waals surface area contributed by atoms with Crippen LogP contribution in [0.3, 0.4) is 0 Å². The van der Waals surface area contributed by atoms with Crippen LogP contribution in [0.15, 0.2) is 42.5 Å². The van der Waals surface area contributed by atoms with Crippen LogP contribution in [0.2, 0.25) is 0 Å². The first kappa shape index (κ1) is 13.4. The van der Waals surface area contributed by atoms with Crippen molar-refractivity contribution < 1.29 is 9.18 Å². The Hall–Kier alpha value is -2.58. The summed E-state index contributed by atoms with van der Waals surface area (Å²) >= 11 is 1.34. The number of nitrogens with zero attached hydrogens (tertiary/aromatic N) is 2. The maximum atomic E-state index is 13.3. The minimum absolute atomic E-state index is 0.0513. The molecule has 2 aromatic carbocycles. The van der Waals surface area contributed by atoms with Gasteiger partial charge in [0.15, 0.2) is 10.8 Å². The van der Waals surface area contributed by atoms with Gasteiger partial charge in [0.05, 0.1) is 15.8 Å². The number of fused-ring (bicyclic) bond motifs is 1. The van der Waals surface area contributed by atoms with E-state index in [0.717, 1.165) is 10.2 Å². The highest BCUT2D eigenvalue weighted by Gasteiger charge is 2.13. The number of ketones is 1. The van der Waals surface area contributed by atoms with E-state index in [2.05, 4.69) is 4.98 Å². The van der Waals surface area contributed by atoms with Gasteiger partial charge in [-0.1, -0.05) is 18.2 Å². The van der Waals surface area contributed by atoms with Crippen LogP contribution in [0.4, 0.5) is 4.39 Å². The summed E-state index contributed by atoms with van der Waals surface area (Å²) in [5.41, 5.74) is 1.35. The molecule has 3 nitrogen and oxygen atoms in total. The molecule has 0 aliphatic carbocycles. The van der Waals surface area contributed by atoms with Crippen LogP contribution < -0.4 is 0 Å². The first-order valence-corrected chi connectivity index (χ1v) is 7.06. The van der Waals surface area contributed by atoms with E-state index in [1.54, 1.807) is 6.07 Å². The monoisotopic (exact) mass is 296 g/mol. The van der Waals surface area contributed by atoms with Crippen LogP contribution in [0.1, 0.15) is 20.9 Å². The number of thiazole rings is 1. The average molecular weight is 296 g/mol. The molecule has 0 saturated carbocycles. The zero-order valence-corrected chi connectivity index (χ0v) is 11.7. The predicted octanol–water partition coefficient (Wildman–Crippen LogP) is 3.73. The molecule has 0 radical (unpaired) electrons. The number of benzene rings is 2. The van der Waals surface area contributed by atoms with Crippen LogP contribution in [0.25, 0.3) is 10.2 Å². The zero-order valence-electron chi connectivity index (χ0n) is 10.8. The molecule has 1 heterocycles. The fraction of sp³-hybridized carbons (Fsp3) is 0.0625. The molecular weight excluding hydrogens is 287 g/mol. The predicted molar refractivity (Wildman–Crippen MR) is 78.8 cm³/mol. The number of nitriles is 1. The quantitative estimate of drug-likeness (QED) is 0.692. The van der Waals surface area contributed by atoms with Crippen LogP contribution in [-0.4, -0.2) is 10.8 Å². The number of rotatable bonds is 3. The van der Waals surface area contributed by atoms with Crippen molar-refractivity contribution in [2.75, 3.05) is 0 Å². The van der Waals surface area contributed by atoms with Gasteiger partial charge in [0.2, 0.25) is 0 Å². The van der Waals surface area contributed by atoms with Gasteiger partial charge >= 0.3 is 0 Å². The first-order chi connectivity index (χ1) is 10.2. The summed E-state index contributed by atoms with van der Waals surface area (Å²) in [6.45, 7) is 0. The Labute approximate surface area is 124 Å². The van der Waals surface area contributed by atoms with Gasteiger partial charge in [-0.2, -0.15) is 5.26 Å². The molecule has 0 amide bonds. The van der Waals surface area contributed by atoms with Gasteiger partial charge in [-0.3, -0.25) is 4.79 Å². The van der Waals surface area contributed by atoms with Crippen LogP contribution >= 0.6 is 11.3 Å². The largest absolute Gasteiger partial charge is 0.291 e. The van der Waals surface area contributed by atoms with Gasteiger partial charge in [-0.15, -0.1) is 11.3 Å². The molecule has 5 heteroatoms. The van der Waals surface area contributed by atoms with Crippen molar-refractivity contribution in [3.8, 4) is 6.07 Å². The van der Waals surface area contributed by atoms with Gasteiger partial charge in [0.25, 0.3) is 0 Å². The Balaban J connectivity index is 1.88. The van der Waals surface area contributed by atoms with Crippen molar-refractivity contribution in [1.82, 2.24) is 4.98 Å². The highest BCUT2D eigenvalue weighted by molar-refractivity contribution is 7.20. The highest BCUT2D eigenvalue weighted by Crippen LogP contribution is 2.23. The van der Waals surface area contributed by atoms with Crippen LogP contribution in [0.5, 0.6) is 0 Å². The van der Waals surface area contributed by atoms with Gasteiger partial charge in [-0.25, -0.2) is 9.37 Å². The SMILES string of the molecule is N#Cc1cc(CC(=O)c2nc3ccccc3s2)ccc1F. The topological polar surface area (TPSA) is 53.8 Å². The smallest absolute Gasteiger partial charge is 0.195 e. The van der Waals surface area contributed by atoms with Gasteiger partial charge in [0.1, 0.15) is 11.9 Å². The zero-order chi connectivity index (χ0) is 14.8. The second-order valence-corrected chi connectivity index (χ2v) is 5.54. The number of aromatic nitrogens is 1. The summed E-state index contributed by atoms with van der Waals surface area (Å²) in [6, 6.07) is 13.4. The molecule has 0 N–H and O–H groups in total. The Kier molecular flexibility index (Phi) is 3.46. The lowest BCUT2D eigenvalue weighted by atomic mass is 10.1.